The molecule has 5 nitrogen and oxygen atoms in total. The number of carbonyl (C=O) groups excluding carboxylic acids is 1. The van der Waals surface area contributed by atoms with Gasteiger partial charge in [-0.05, 0) is 40.0 Å². The minimum Gasteiger partial charge on any atom is -0.223 e. The number of hydrazine groups is 1. The number of hydrogen-bond donors (Lipinski definition) is 1. The van der Waals surface area contributed by atoms with Crippen LogP contribution in [0.15, 0.2) is 41.3 Å². The number of benzene rings is 2. The Morgan fingerprint density at radius 2 is 1.81 bits per heavy atom. The molecule has 21 heavy (non-hydrogen) atoms. The van der Waals surface area contributed by atoms with Crippen LogP contribution in [0.25, 0.3) is 10.8 Å². The highest BCUT2D eigenvalue weighted by Crippen LogP contribution is 2.27. The van der Waals surface area contributed by atoms with E-state index in [9.17, 15) is 13.2 Å². The number of nitrogens with two attached hydrogens (primary N) is 1. The van der Waals surface area contributed by atoms with Crippen LogP contribution in [0.5, 0.6) is 0 Å². The molecule has 109 valence electrons. The molecule has 1 atom stereocenters. The van der Waals surface area contributed by atoms with Crippen LogP contribution in [0.2, 0.25) is 5.02 Å². The lowest BCUT2D eigenvalue weighted by Crippen LogP contribution is -2.43. The summed E-state index contributed by atoms with van der Waals surface area (Å²) in [7, 11) is -3.73. The molecule has 1 radical (unpaired) electrons. The highest BCUT2D eigenvalue weighted by molar-refractivity contribution is 7.92. The first-order valence-corrected chi connectivity index (χ1v) is 8.31. The first kappa shape index (κ1) is 14.5. The number of halogens is 1. The smallest absolute Gasteiger partial charge is 0.223 e. The zero-order valence-corrected chi connectivity index (χ0v) is 12.6. The summed E-state index contributed by atoms with van der Waals surface area (Å²) >= 11 is 5.90. The standard InChI is InChI=1S/C14H13ClN2O3S/c15-11-3-1-10-8-12(4-2-9(10)7-11)21(19,20)13-5-6-17(16)14(13)18/h1-4,7-8,13H,5-6,16H2/q+1. The zero-order chi connectivity index (χ0) is 15.2. The Labute approximate surface area is 127 Å². The van der Waals surface area contributed by atoms with Gasteiger partial charge in [-0.2, -0.15) is 0 Å². The summed E-state index contributed by atoms with van der Waals surface area (Å²) in [6.45, 7) is 0.256. The van der Waals surface area contributed by atoms with Crippen molar-refractivity contribution in [2.24, 2.45) is 5.84 Å². The molecule has 7 heteroatoms. The highest BCUT2D eigenvalue weighted by Gasteiger charge is 2.49. The molecule has 3 rings (SSSR count). The Morgan fingerprint density at radius 3 is 2.48 bits per heavy atom. The second-order valence-corrected chi connectivity index (χ2v) is 7.57. The van der Waals surface area contributed by atoms with Gasteiger partial charge < -0.3 is 0 Å². The summed E-state index contributed by atoms with van der Waals surface area (Å²) in [5.74, 6) is 4.91. The largest absolute Gasteiger partial charge is 0.401 e. The predicted octanol–water partition coefficient (Wildman–Crippen LogP) is 1.58. The summed E-state index contributed by atoms with van der Waals surface area (Å²) in [6, 6.07) is 9.96. The quantitative estimate of drug-likeness (QED) is 0.516. The molecule has 0 saturated carbocycles. The van der Waals surface area contributed by atoms with Crippen molar-refractivity contribution in [2.45, 2.75) is 16.6 Å². The predicted molar refractivity (Wildman–Crippen MR) is 80.7 cm³/mol. The summed E-state index contributed by atoms with van der Waals surface area (Å²) in [6.07, 6.45) is 0.219. The Bertz CT molecular complexity index is 835. The van der Waals surface area contributed by atoms with E-state index in [1.165, 1.54) is 6.07 Å². The first-order valence-electron chi connectivity index (χ1n) is 6.39. The average Bonchev–Trinajstić information content (AvgIpc) is 2.79. The lowest BCUT2D eigenvalue weighted by Gasteiger charge is -2.08. The van der Waals surface area contributed by atoms with Gasteiger partial charge in [-0.15, -0.1) is 5.84 Å². The molecule has 1 aliphatic heterocycles. The minimum absolute atomic E-state index is 0.131. The van der Waals surface area contributed by atoms with Crippen LogP contribution >= 0.6 is 11.6 Å². The van der Waals surface area contributed by atoms with E-state index in [1.807, 2.05) is 0 Å². The molecular weight excluding hydrogens is 312 g/mol. The van der Waals surface area contributed by atoms with Crippen LogP contribution in [0.3, 0.4) is 0 Å². The van der Waals surface area contributed by atoms with Gasteiger partial charge in [0.2, 0.25) is 0 Å². The minimum atomic E-state index is -3.73. The Morgan fingerprint density at radius 1 is 1.14 bits per heavy atom. The van der Waals surface area contributed by atoms with Gasteiger partial charge in [0.25, 0.3) is 0 Å². The Kier molecular flexibility index (Phi) is 3.49. The van der Waals surface area contributed by atoms with Crippen LogP contribution < -0.4 is 10.9 Å². The van der Waals surface area contributed by atoms with E-state index in [0.29, 0.717) is 5.02 Å². The van der Waals surface area contributed by atoms with E-state index >= 15 is 0 Å². The third-order valence-corrected chi connectivity index (χ3v) is 6.00. The number of nitrogens with zero attached hydrogens (tertiary/aromatic N) is 1. The van der Waals surface area contributed by atoms with Crippen molar-refractivity contribution in [1.82, 2.24) is 5.01 Å². The van der Waals surface area contributed by atoms with E-state index in [-0.39, 0.29) is 17.9 Å². The fourth-order valence-corrected chi connectivity index (χ4v) is 4.37. The fourth-order valence-electron chi connectivity index (χ4n) is 2.50. The van der Waals surface area contributed by atoms with Gasteiger partial charge >= 0.3 is 5.91 Å². The average molecular weight is 325 g/mol. The second-order valence-electron chi connectivity index (χ2n) is 5.01. The molecule has 1 saturated heterocycles. The first-order chi connectivity index (χ1) is 9.89. The lowest BCUT2D eigenvalue weighted by molar-refractivity contribution is -0.122. The van der Waals surface area contributed by atoms with Gasteiger partial charge in [-0.1, -0.05) is 23.7 Å². The normalized spacial score (nSPS) is 20.3. The molecule has 0 bridgehead atoms. The number of carbonyl (C=O) groups is 1. The van der Waals surface area contributed by atoms with Crippen LogP contribution in [0.1, 0.15) is 6.42 Å². The molecule has 2 aromatic rings. The fraction of sp³-hybridized carbons (Fsp3) is 0.214. The maximum absolute atomic E-state index is 12.6. The number of amides is 1. The van der Waals surface area contributed by atoms with E-state index in [2.05, 4.69) is 0 Å². The highest BCUT2D eigenvalue weighted by atomic mass is 35.5. The molecule has 0 spiro atoms. The maximum atomic E-state index is 12.6. The number of hydrogen-bond acceptors (Lipinski definition) is 4. The van der Waals surface area contributed by atoms with Crippen molar-refractivity contribution in [1.29, 1.82) is 0 Å². The lowest BCUT2D eigenvalue weighted by atomic mass is 10.1. The molecule has 1 fully saturated rings. The molecule has 0 aliphatic carbocycles. The monoisotopic (exact) mass is 324 g/mol. The second kappa shape index (κ2) is 5.06. The van der Waals surface area contributed by atoms with Crippen molar-refractivity contribution >= 4 is 38.1 Å². The van der Waals surface area contributed by atoms with Crippen LogP contribution in [0, 0.1) is 0 Å². The summed E-state index contributed by atoms with van der Waals surface area (Å²) in [5.41, 5.74) is 0. The van der Waals surface area contributed by atoms with E-state index < -0.39 is 21.0 Å². The molecule has 0 aromatic heterocycles. The van der Waals surface area contributed by atoms with Crippen molar-refractivity contribution in [3.05, 3.63) is 41.4 Å². The molecule has 1 heterocycles. The Hall–Kier alpha value is -1.47. The van der Waals surface area contributed by atoms with Crippen molar-refractivity contribution in [3.8, 4) is 0 Å². The van der Waals surface area contributed by atoms with Gasteiger partial charge in [0.1, 0.15) is 0 Å². The summed E-state index contributed by atoms with van der Waals surface area (Å²) in [5, 5.41) is 2.06. The van der Waals surface area contributed by atoms with Crippen LogP contribution in [-0.2, 0) is 14.6 Å². The molecular formula is C14H13ClN2O3S+. The topological polar surface area (TPSA) is 83.1 Å². The van der Waals surface area contributed by atoms with E-state index in [4.69, 9.17) is 17.4 Å². The number of fused-ring (bicyclic) bond motifs is 1. The van der Waals surface area contributed by atoms with Gasteiger partial charge in [-0.25, -0.2) is 13.2 Å². The number of sulfone groups is 1. The van der Waals surface area contributed by atoms with Crippen LogP contribution in [-0.4, -0.2) is 26.1 Å². The van der Waals surface area contributed by atoms with Crippen molar-refractivity contribution < 1.29 is 13.2 Å². The van der Waals surface area contributed by atoms with Gasteiger partial charge in [0.15, 0.2) is 21.6 Å². The molecule has 2 aromatic carbocycles. The van der Waals surface area contributed by atoms with Gasteiger partial charge in [0, 0.05) is 11.4 Å². The van der Waals surface area contributed by atoms with E-state index in [1.54, 1.807) is 30.3 Å². The molecule has 1 amide bonds. The zero-order valence-electron chi connectivity index (χ0n) is 11.0. The van der Waals surface area contributed by atoms with Gasteiger partial charge in [0.05, 0.1) is 4.90 Å². The molecule has 1 unspecified atom stereocenters. The van der Waals surface area contributed by atoms with Crippen LogP contribution in [0.4, 0.5) is 0 Å². The molecule has 1 aliphatic rings. The molecule has 2 N–H and O–H groups in total. The van der Waals surface area contributed by atoms with Crippen molar-refractivity contribution in [2.75, 3.05) is 6.54 Å². The number of rotatable bonds is 2. The SMILES string of the molecule is N[N+]1CCC(S(=O)(=O)c2ccc3cc(Cl)ccc3c2)C1=O. The van der Waals surface area contributed by atoms with E-state index in [0.717, 1.165) is 15.8 Å². The van der Waals surface area contributed by atoms with Gasteiger partial charge in [-0.3, -0.25) is 0 Å². The third kappa shape index (κ3) is 2.44. The van der Waals surface area contributed by atoms with Crippen molar-refractivity contribution in [3.63, 3.8) is 0 Å². The summed E-state index contributed by atoms with van der Waals surface area (Å²) < 4.78 is 25.1. The maximum Gasteiger partial charge on any atom is 0.401 e. The summed E-state index contributed by atoms with van der Waals surface area (Å²) in [4.78, 5) is 12.0. The Balaban J connectivity index is 2.07. The third-order valence-electron chi connectivity index (χ3n) is 3.67.